The fourth-order valence-corrected chi connectivity index (χ4v) is 4.88. The molecule has 0 unspecified atom stereocenters. The van der Waals surface area contributed by atoms with Crippen LogP contribution in [0.1, 0.15) is 29.0 Å². The number of nitrogens with zero attached hydrogens (tertiary/aromatic N) is 2. The zero-order valence-corrected chi connectivity index (χ0v) is 18.5. The molecule has 31 heavy (non-hydrogen) atoms. The van der Waals surface area contributed by atoms with Crippen LogP contribution in [0.5, 0.6) is 11.5 Å². The van der Waals surface area contributed by atoms with Gasteiger partial charge in [-0.2, -0.15) is 4.98 Å². The van der Waals surface area contributed by atoms with Crippen molar-refractivity contribution in [3.05, 3.63) is 74.5 Å². The first-order valence-electron chi connectivity index (χ1n) is 9.53. The van der Waals surface area contributed by atoms with Crippen molar-refractivity contribution in [3.63, 3.8) is 0 Å². The quantitative estimate of drug-likeness (QED) is 0.445. The second-order valence-corrected chi connectivity index (χ2v) is 8.49. The van der Waals surface area contributed by atoms with Gasteiger partial charge in [0.25, 0.3) is 5.56 Å². The molecular weight excluding hydrogens is 438 g/mol. The molecule has 2 N–H and O–H groups in total. The van der Waals surface area contributed by atoms with Gasteiger partial charge in [-0.05, 0) is 29.3 Å². The lowest BCUT2D eigenvalue weighted by Crippen LogP contribution is -2.33. The highest BCUT2D eigenvalue weighted by atomic mass is 35.5. The molecule has 0 radical (unpaired) electrons. The van der Waals surface area contributed by atoms with E-state index in [4.69, 9.17) is 16.3 Å². The average molecular weight is 458 g/mol. The number of hydrogen-bond acceptors (Lipinski definition) is 6. The monoisotopic (exact) mass is 457 g/mol. The Labute approximate surface area is 188 Å². The minimum atomic E-state index is -0.519. The molecule has 1 aliphatic rings. The van der Waals surface area contributed by atoms with Crippen LogP contribution in [0.15, 0.2) is 52.4 Å². The molecule has 0 saturated heterocycles. The molecule has 1 aliphatic heterocycles. The summed E-state index contributed by atoms with van der Waals surface area (Å²) in [5.41, 5.74) is 1.56. The van der Waals surface area contributed by atoms with Gasteiger partial charge in [-0.3, -0.25) is 9.59 Å². The lowest BCUT2D eigenvalue weighted by Gasteiger charge is -2.27. The number of fused-ring (bicyclic) bond motifs is 1. The maximum Gasteiger partial charge on any atom is 0.279 e. The minimum Gasteiger partial charge on any atom is -0.504 e. The number of aromatic hydroxyl groups is 1. The van der Waals surface area contributed by atoms with E-state index in [-0.39, 0.29) is 18.1 Å². The maximum atomic E-state index is 13.0. The van der Waals surface area contributed by atoms with Crippen LogP contribution >= 0.6 is 23.4 Å². The highest BCUT2D eigenvalue weighted by Gasteiger charge is 2.32. The molecule has 2 aromatic carbocycles. The van der Waals surface area contributed by atoms with E-state index in [0.717, 1.165) is 5.56 Å². The highest BCUT2D eigenvalue weighted by molar-refractivity contribution is 7.98. The Kier molecular flexibility index (Phi) is 5.93. The van der Waals surface area contributed by atoms with Gasteiger partial charge in [0, 0.05) is 30.2 Å². The smallest absolute Gasteiger partial charge is 0.279 e. The molecule has 160 valence electrons. The first kappa shape index (κ1) is 21.3. The van der Waals surface area contributed by atoms with Crippen molar-refractivity contribution in [3.8, 4) is 11.5 Å². The Morgan fingerprint density at radius 2 is 2.06 bits per heavy atom. The summed E-state index contributed by atoms with van der Waals surface area (Å²) in [6, 6.07) is 12.4. The molecule has 9 heteroatoms. The fourth-order valence-electron chi connectivity index (χ4n) is 3.63. The molecule has 1 atom stereocenters. The third-order valence-electron chi connectivity index (χ3n) is 5.22. The summed E-state index contributed by atoms with van der Waals surface area (Å²) < 4.78 is 6.80. The van der Waals surface area contributed by atoms with Gasteiger partial charge < -0.3 is 19.7 Å². The van der Waals surface area contributed by atoms with Crippen LogP contribution in [0.25, 0.3) is 0 Å². The number of carbonyl (C=O) groups excluding carboxylic acids is 1. The van der Waals surface area contributed by atoms with Crippen LogP contribution in [-0.4, -0.2) is 27.7 Å². The summed E-state index contributed by atoms with van der Waals surface area (Å²) in [6.07, 6.45) is 0.0851. The Morgan fingerprint density at radius 1 is 1.29 bits per heavy atom. The van der Waals surface area contributed by atoms with E-state index < -0.39 is 11.5 Å². The van der Waals surface area contributed by atoms with Gasteiger partial charge in [0.2, 0.25) is 5.91 Å². The normalized spacial score (nSPS) is 15.3. The molecule has 0 aliphatic carbocycles. The Bertz CT molecular complexity index is 1230. The van der Waals surface area contributed by atoms with Crippen LogP contribution in [-0.2, 0) is 17.6 Å². The Hall–Kier alpha value is -2.97. The molecule has 1 aromatic heterocycles. The highest BCUT2D eigenvalue weighted by Crippen LogP contribution is 2.39. The molecule has 0 saturated carbocycles. The Morgan fingerprint density at radius 3 is 2.77 bits per heavy atom. The Balaban J connectivity index is 1.73. The predicted octanol–water partition coefficient (Wildman–Crippen LogP) is 3.91. The van der Waals surface area contributed by atoms with Crippen molar-refractivity contribution in [1.82, 2.24) is 9.55 Å². The second-order valence-electron chi connectivity index (χ2n) is 7.14. The average Bonchev–Trinajstić information content (AvgIpc) is 2.75. The van der Waals surface area contributed by atoms with Crippen LogP contribution in [0, 0.1) is 0 Å². The van der Waals surface area contributed by atoms with Gasteiger partial charge in [0.1, 0.15) is 5.82 Å². The molecular formula is C22H20ClN3O4S. The fraction of sp³-hybridized carbons (Fsp3) is 0.227. The van der Waals surface area contributed by atoms with Crippen molar-refractivity contribution < 1.29 is 14.6 Å². The molecule has 7 nitrogen and oxygen atoms in total. The summed E-state index contributed by atoms with van der Waals surface area (Å²) in [5, 5.41) is 14.1. The van der Waals surface area contributed by atoms with Crippen molar-refractivity contribution in [2.24, 2.45) is 7.05 Å². The molecule has 0 fully saturated rings. The van der Waals surface area contributed by atoms with Gasteiger partial charge >= 0.3 is 0 Å². The van der Waals surface area contributed by atoms with Crippen molar-refractivity contribution in [2.75, 3.05) is 12.4 Å². The number of amides is 1. The summed E-state index contributed by atoms with van der Waals surface area (Å²) in [6.45, 7) is 0. The van der Waals surface area contributed by atoms with E-state index in [9.17, 15) is 14.7 Å². The number of phenolic OH excluding ortho intramolecular Hbond substituents is 1. The number of phenols is 1. The minimum absolute atomic E-state index is 0.0516. The van der Waals surface area contributed by atoms with Crippen LogP contribution in [0.4, 0.5) is 5.82 Å². The molecule has 0 spiro atoms. The molecule has 2 heterocycles. The summed E-state index contributed by atoms with van der Waals surface area (Å²) in [5.74, 6) is 0.483. The number of hydrogen-bond donors (Lipinski definition) is 2. The largest absolute Gasteiger partial charge is 0.504 e. The topological polar surface area (TPSA) is 93.5 Å². The predicted molar refractivity (Wildman–Crippen MR) is 120 cm³/mol. The number of anilines is 1. The zero-order valence-electron chi connectivity index (χ0n) is 16.9. The molecule has 3 aromatic rings. The molecule has 4 rings (SSSR count). The van der Waals surface area contributed by atoms with Crippen LogP contribution in [0.3, 0.4) is 0 Å². The lowest BCUT2D eigenvalue weighted by molar-refractivity contribution is -0.116. The number of benzene rings is 2. The van der Waals surface area contributed by atoms with Gasteiger partial charge in [0.15, 0.2) is 16.7 Å². The number of nitrogens with one attached hydrogen (secondary N) is 1. The summed E-state index contributed by atoms with van der Waals surface area (Å²) >= 11 is 7.60. The summed E-state index contributed by atoms with van der Waals surface area (Å²) in [7, 11) is 3.22. The first-order chi connectivity index (χ1) is 14.9. The number of aromatic nitrogens is 2. The number of ether oxygens (including phenoxy) is 1. The molecule has 0 bridgehead atoms. The standard InChI is InChI=1S/C22H20ClN3O4S/c1-26-20-19(21(29)25-22(26)31-11-13-5-3-4-6-15(13)23)14(10-18(28)24-20)12-7-8-17(30-2)16(27)9-12/h3-9,14,27H,10-11H2,1-2H3,(H,24,28)/t14-/m1/s1. The van der Waals surface area contributed by atoms with E-state index in [0.29, 0.717) is 38.6 Å². The maximum absolute atomic E-state index is 13.0. The van der Waals surface area contributed by atoms with E-state index in [1.807, 2.05) is 24.3 Å². The van der Waals surface area contributed by atoms with Gasteiger partial charge in [0.05, 0.1) is 12.7 Å². The van der Waals surface area contributed by atoms with Crippen molar-refractivity contribution in [1.29, 1.82) is 0 Å². The van der Waals surface area contributed by atoms with Gasteiger partial charge in [-0.15, -0.1) is 0 Å². The first-order valence-corrected chi connectivity index (χ1v) is 10.9. The number of carbonyl (C=O) groups is 1. The number of thioether (sulfide) groups is 1. The number of rotatable bonds is 5. The molecule has 1 amide bonds. The van der Waals surface area contributed by atoms with Crippen molar-refractivity contribution in [2.45, 2.75) is 23.2 Å². The lowest BCUT2D eigenvalue weighted by atomic mass is 9.86. The van der Waals surface area contributed by atoms with Crippen molar-refractivity contribution >= 4 is 35.1 Å². The third kappa shape index (κ3) is 4.13. The number of methoxy groups -OCH3 is 1. The van der Waals surface area contributed by atoms with Crippen LogP contribution in [0.2, 0.25) is 5.02 Å². The SMILES string of the molecule is COc1ccc([C@H]2CC(=O)Nc3c2c(=O)nc(SCc2ccccc2Cl)n3C)cc1O. The van der Waals surface area contributed by atoms with E-state index in [1.165, 1.54) is 24.9 Å². The second kappa shape index (κ2) is 8.64. The van der Waals surface area contributed by atoms with Gasteiger partial charge in [-0.1, -0.05) is 47.6 Å². The van der Waals surface area contributed by atoms with E-state index >= 15 is 0 Å². The van der Waals surface area contributed by atoms with E-state index in [1.54, 1.807) is 23.7 Å². The van der Waals surface area contributed by atoms with E-state index in [2.05, 4.69) is 10.3 Å². The third-order valence-corrected chi connectivity index (χ3v) is 6.67. The van der Waals surface area contributed by atoms with Gasteiger partial charge in [-0.25, -0.2) is 0 Å². The zero-order chi connectivity index (χ0) is 22.1. The number of halogens is 1. The summed E-state index contributed by atoms with van der Waals surface area (Å²) in [4.78, 5) is 29.7. The van der Waals surface area contributed by atoms with Crippen LogP contribution < -0.4 is 15.6 Å².